The molecule has 1 aromatic carbocycles. The fourth-order valence-corrected chi connectivity index (χ4v) is 2.96. The molecule has 0 aliphatic rings. The van der Waals surface area contributed by atoms with Crippen LogP contribution >= 0.6 is 0 Å². The van der Waals surface area contributed by atoms with E-state index in [-0.39, 0.29) is 0 Å². The lowest BCUT2D eigenvalue weighted by Crippen LogP contribution is -2.19. The monoisotopic (exact) mass is 328 g/mol. The molecule has 0 saturated carbocycles. The Hall–Kier alpha value is -1.90. The predicted molar refractivity (Wildman–Crippen MR) is 101 cm³/mol. The molecule has 3 heteroatoms. The maximum atomic E-state index is 13.9. The van der Waals surface area contributed by atoms with Crippen LogP contribution in [-0.2, 0) is 6.42 Å². The number of halogens is 1. The van der Waals surface area contributed by atoms with Crippen LogP contribution in [0.1, 0.15) is 44.9 Å². The normalized spacial score (nSPS) is 11.6. The first-order valence-corrected chi connectivity index (χ1v) is 8.77. The fraction of sp³-hybridized carbons (Fsp3) is 0.476. The lowest BCUT2D eigenvalue weighted by atomic mass is 9.98. The summed E-state index contributed by atoms with van der Waals surface area (Å²) in [5, 5.41) is 0. The Kier molecular flexibility index (Phi) is 5.98. The van der Waals surface area contributed by atoms with Gasteiger partial charge in [-0.25, -0.2) is 4.39 Å². The smallest absolute Gasteiger partial charge is 0.109 e. The second kappa shape index (κ2) is 7.78. The van der Waals surface area contributed by atoms with Gasteiger partial charge in [-0.2, -0.15) is 0 Å². The number of nitrogens with zero attached hydrogens (tertiary/aromatic N) is 2. The Morgan fingerprint density at radius 2 is 1.92 bits per heavy atom. The van der Waals surface area contributed by atoms with Crippen molar-refractivity contribution in [3.8, 4) is 11.3 Å². The number of anilines is 1. The summed E-state index contributed by atoms with van der Waals surface area (Å²) in [6.07, 6.45) is 2.78. The maximum absolute atomic E-state index is 13.9. The number of aromatic nitrogens is 1. The summed E-state index contributed by atoms with van der Waals surface area (Å²) in [4.78, 5) is 7.04. The van der Waals surface area contributed by atoms with E-state index in [0.717, 1.165) is 29.1 Å². The van der Waals surface area contributed by atoms with Crippen molar-refractivity contribution in [2.45, 2.75) is 52.6 Å². The summed E-state index contributed by atoms with van der Waals surface area (Å²) in [5.74, 6) is 0. The van der Waals surface area contributed by atoms with Gasteiger partial charge >= 0.3 is 0 Å². The van der Waals surface area contributed by atoms with E-state index in [1.807, 2.05) is 24.3 Å². The molecule has 0 radical (unpaired) electrons. The van der Waals surface area contributed by atoms with Gasteiger partial charge in [0.2, 0.25) is 0 Å². The zero-order chi connectivity index (χ0) is 17.7. The minimum Gasteiger partial charge on any atom is -0.373 e. The minimum absolute atomic E-state index is 0.414. The molecule has 24 heavy (non-hydrogen) atoms. The second-order valence-corrected chi connectivity index (χ2v) is 7.17. The molecule has 1 aromatic heterocycles. The van der Waals surface area contributed by atoms with Gasteiger partial charge in [0.25, 0.3) is 0 Å². The molecule has 1 heterocycles. The highest BCUT2D eigenvalue weighted by Gasteiger charge is 2.16. The lowest BCUT2D eigenvalue weighted by molar-refractivity contribution is 0.217. The van der Waals surface area contributed by atoms with Gasteiger partial charge in [0, 0.05) is 25.6 Å². The van der Waals surface area contributed by atoms with Gasteiger partial charge in [0.15, 0.2) is 0 Å². The molecule has 0 unspecified atom stereocenters. The molecule has 0 bridgehead atoms. The molecule has 0 saturated heterocycles. The van der Waals surface area contributed by atoms with E-state index in [4.69, 9.17) is 4.98 Å². The number of hydrogen-bond donors (Lipinski definition) is 0. The van der Waals surface area contributed by atoms with Crippen molar-refractivity contribution in [1.82, 2.24) is 4.98 Å². The van der Waals surface area contributed by atoms with Crippen molar-refractivity contribution >= 4 is 5.69 Å². The molecule has 0 fully saturated rings. The number of alkyl halides is 1. The standard InChI is InChI=1S/C21H29FN2/c1-6-7-13-24(5)20-12-11-19(23-16(20)2)18-10-8-9-17(14-18)15-21(3,4)22/h8-12,14H,6-7,13,15H2,1-5H3. The minimum atomic E-state index is -1.20. The molecule has 0 aliphatic carbocycles. The van der Waals surface area contributed by atoms with Crippen LogP contribution in [0.4, 0.5) is 10.1 Å². The second-order valence-electron chi connectivity index (χ2n) is 7.17. The van der Waals surface area contributed by atoms with E-state index >= 15 is 0 Å². The van der Waals surface area contributed by atoms with Gasteiger partial charge in [0.05, 0.1) is 17.1 Å². The summed E-state index contributed by atoms with van der Waals surface area (Å²) >= 11 is 0. The summed E-state index contributed by atoms with van der Waals surface area (Å²) < 4.78 is 13.9. The summed E-state index contributed by atoms with van der Waals surface area (Å²) in [5.41, 5.74) is 3.99. The van der Waals surface area contributed by atoms with Crippen LogP contribution < -0.4 is 4.90 Å². The van der Waals surface area contributed by atoms with E-state index < -0.39 is 5.67 Å². The average molecular weight is 328 g/mol. The highest BCUT2D eigenvalue weighted by molar-refractivity contribution is 5.64. The Balaban J connectivity index is 2.24. The van der Waals surface area contributed by atoms with Crippen molar-refractivity contribution in [1.29, 1.82) is 0 Å². The molecule has 2 nitrogen and oxygen atoms in total. The Bertz CT molecular complexity index is 674. The van der Waals surface area contributed by atoms with Crippen LogP contribution in [0.3, 0.4) is 0 Å². The number of unbranched alkanes of at least 4 members (excludes halogenated alkanes) is 1. The lowest BCUT2D eigenvalue weighted by Gasteiger charge is -2.21. The third-order valence-electron chi connectivity index (χ3n) is 4.16. The first-order chi connectivity index (χ1) is 11.3. The SMILES string of the molecule is CCCCN(C)c1ccc(-c2cccc(CC(C)(C)F)c2)nc1C. The molecule has 130 valence electrons. The Morgan fingerprint density at radius 3 is 2.54 bits per heavy atom. The summed E-state index contributed by atoms with van der Waals surface area (Å²) in [6.45, 7) is 8.52. The number of rotatable bonds is 7. The van der Waals surface area contributed by atoms with Gasteiger partial charge in [-0.1, -0.05) is 31.5 Å². The van der Waals surface area contributed by atoms with Crippen LogP contribution in [0.15, 0.2) is 36.4 Å². The number of hydrogen-bond acceptors (Lipinski definition) is 2. The van der Waals surface area contributed by atoms with Gasteiger partial charge in [0.1, 0.15) is 5.67 Å². The predicted octanol–water partition coefficient (Wildman–Crippen LogP) is 5.58. The molecule has 0 N–H and O–H groups in total. The molecule has 2 rings (SSSR count). The van der Waals surface area contributed by atoms with E-state index in [9.17, 15) is 4.39 Å². The quantitative estimate of drug-likeness (QED) is 0.659. The molecule has 0 atom stereocenters. The van der Waals surface area contributed by atoms with E-state index in [1.165, 1.54) is 18.5 Å². The third-order valence-corrected chi connectivity index (χ3v) is 4.16. The number of benzene rings is 1. The van der Waals surface area contributed by atoms with Crippen LogP contribution in [-0.4, -0.2) is 24.2 Å². The van der Waals surface area contributed by atoms with Crippen LogP contribution in [0.25, 0.3) is 11.3 Å². The van der Waals surface area contributed by atoms with Gasteiger partial charge in [-0.15, -0.1) is 0 Å². The van der Waals surface area contributed by atoms with Crippen LogP contribution in [0, 0.1) is 6.92 Å². The van der Waals surface area contributed by atoms with Crippen molar-refractivity contribution in [2.24, 2.45) is 0 Å². The molecular formula is C21H29FN2. The molecule has 2 aromatic rings. The zero-order valence-electron chi connectivity index (χ0n) is 15.6. The summed E-state index contributed by atoms with van der Waals surface area (Å²) in [7, 11) is 2.11. The first kappa shape index (κ1) is 18.4. The van der Waals surface area contributed by atoms with E-state index in [1.54, 1.807) is 13.8 Å². The first-order valence-electron chi connectivity index (χ1n) is 8.77. The fourth-order valence-electron chi connectivity index (χ4n) is 2.96. The van der Waals surface area contributed by atoms with Crippen molar-refractivity contribution in [3.05, 3.63) is 47.7 Å². The number of aryl methyl sites for hydroxylation is 1. The Labute approximate surface area is 145 Å². The van der Waals surface area contributed by atoms with Crippen molar-refractivity contribution in [3.63, 3.8) is 0 Å². The highest BCUT2D eigenvalue weighted by Crippen LogP contribution is 2.26. The van der Waals surface area contributed by atoms with E-state index in [0.29, 0.717) is 6.42 Å². The van der Waals surface area contributed by atoms with Crippen molar-refractivity contribution < 1.29 is 4.39 Å². The molecular weight excluding hydrogens is 299 g/mol. The van der Waals surface area contributed by atoms with Gasteiger partial charge in [-0.3, -0.25) is 4.98 Å². The van der Waals surface area contributed by atoms with Gasteiger partial charge < -0.3 is 4.90 Å². The number of pyridine rings is 1. The van der Waals surface area contributed by atoms with Crippen LogP contribution in [0.2, 0.25) is 0 Å². The highest BCUT2D eigenvalue weighted by atomic mass is 19.1. The average Bonchev–Trinajstić information content (AvgIpc) is 2.51. The van der Waals surface area contributed by atoms with E-state index in [2.05, 4.69) is 37.9 Å². The molecule has 0 spiro atoms. The zero-order valence-corrected chi connectivity index (χ0v) is 15.6. The summed E-state index contributed by atoms with van der Waals surface area (Å²) in [6, 6.07) is 12.2. The topological polar surface area (TPSA) is 16.1 Å². The van der Waals surface area contributed by atoms with Gasteiger partial charge in [-0.05, 0) is 51.0 Å². The largest absolute Gasteiger partial charge is 0.373 e. The molecule has 0 aliphatic heterocycles. The third kappa shape index (κ3) is 5.05. The Morgan fingerprint density at radius 1 is 1.17 bits per heavy atom. The van der Waals surface area contributed by atoms with Crippen molar-refractivity contribution in [2.75, 3.05) is 18.5 Å². The maximum Gasteiger partial charge on any atom is 0.109 e. The molecule has 0 amide bonds. The van der Waals surface area contributed by atoms with Crippen LogP contribution in [0.5, 0.6) is 0 Å².